The second-order valence-electron chi connectivity index (χ2n) is 8.91. The lowest BCUT2D eigenvalue weighted by molar-refractivity contribution is -0.123. The highest BCUT2D eigenvalue weighted by Crippen LogP contribution is 2.39. The zero-order chi connectivity index (χ0) is 29.3. The van der Waals surface area contributed by atoms with Gasteiger partial charge < -0.3 is 9.50 Å². The van der Waals surface area contributed by atoms with E-state index in [1.807, 2.05) is 0 Å². The fourth-order valence-electron chi connectivity index (χ4n) is 4.18. The lowest BCUT2D eigenvalue weighted by Crippen LogP contribution is -2.28. The Labute approximate surface area is 243 Å². The molecule has 1 heterocycles. The van der Waals surface area contributed by atoms with Gasteiger partial charge in [-0.2, -0.15) is 8.42 Å². The van der Waals surface area contributed by atoms with Crippen LogP contribution in [-0.2, 0) is 26.3 Å². The number of nitrogens with zero attached hydrogens (tertiary/aromatic N) is 1. The van der Waals surface area contributed by atoms with Gasteiger partial charge in [-0.05, 0) is 71.1 Å². The molecular formula is C29H20ClFN2O6S2. The topological polar surface area (TPSA) is 110 Å². The summed E-state index contributed by atoms with van der Waals surface area (Å²) in [4.78, 5) is 38.0. The van der Waals surface area contributed by atoms with Crippen LogP contribution in [0, 0.1) is 5.82 Å². The number of anilines is 1. The number of carbonyl (C=O) groups is 3. The van der Waals surface area contributed by atoms with Crippen LogP contribution in [0.3, 0.4) is 0 Å². The summed E-state index contributed by atoms with van der Waals surface area (Å²) in [6.07, 6.45) is 1.39. The van der Waals surface area contributed by atoms with Crippen molar-refractivity contribution >= 4 is 73.1 Å². The summed E-state index contributed by atoms with van der Waals surface area (Å²) in [5.74, 6) is -1.71. The minimum atomic E-state index is -4.34. The van der Waals surface area contributed by atoms with Crippen molar-refractivity contribution in [1.29, 1.82) is 0 Å². The predicted molar refractivity (Wildman–Crippen MR) is 155 cm³/mol. The maximum Gasteiger partial charge on any atom is 0.339 e. The summed E-state index contributed by atoms with van der Waals surface area (Å²) in [7, 11) is -4.34. The van der Waals surface area contributed by atoms with Crippen LogP contribution in [0.25, 0.3) is 16.8 Å². The van der Waals surface area contributed by atoms with Crippen molar-refractivity contribution in [3.63, 3.8) is 0 Å². The molecule has 4 aromatic carbocycles. The SMILES string of the molecule is CC(=O)Nc1ccc(S(=O)(=O)Oc2ccc3ccccc3c2/C=C2\SC(=O)N(Cc3c(F)cccc3Cl)C2=O)cc1. The van der Waals surface area contributed by atoms with Crippen LogP contribution in [-0.4, -0.2) is 30.4 Å². The van der Waals surface area contributed by atoms with E-state index in [1.54, 1.807) is 30.3 Å². The molecule has 8 nitrogen and oxygen atoms in total. The van der Waals surface area contributed by atoms with Crippen molar-refractivity contribution in [2.45, 2.75) is 18.4 Å². The van der Waals surface area contributed by atoms with Crippen molar-refractivity contribution in [1.82, 2.24) is 4.90 Å². The summed E-state index contributed by atoms with van der Waals surface area (Å²) >= 11 is 6.73. The Morgan fingerprint density at radius 2 is 1.76 bits per heavy atom. The molecule has 1 fully saturated rings. The van der Waals surface area contributed by atoms with Crippen LogP contribution in [0.5, 0.6) is 5.75 Å². The molecule has 3 amide bonds. The summed E-state index contributed by atoms with van der Waals surface area (Å²) in [5.41, 5.74) is 0.675. The van der Waals surface area contributed by atoms with Crippen molar-refractivity contribution in [3.8, 4) is 5.75 Å². The Morgan fingerprint density at radius 1 is 1.02 bits per heavy atom. The maximum atomic E-state index is 14.4. The van der Waals surface area contributed by atoms with Crippen LogP contribution in [0.15, 0.2) is 88.7 Å². The van der Waals surface area contributed by atoms with E-state index in [1.165, 1.54) is 61.5 Å². The molecule has 0 radical (unpaired) electrons. The molecule has 1 aliphatic heterocycles. The molecule has 41 heavy (non-hydrogen) atoms. The fourth-order valence-corrected chi connectivity index (χ4v) is 6.17. The van der Waals surface area contributed by atoms with Crippen molar-refractivity contribution < 1.29 is 31.4 Å². The summed E-state index contributed by atoms with van der Waals surface area (Å²) in [6, 6.07) is 19.7. The molecule has 1 N–H and O–H groups in total. The van der Waals surface area contributed by atoms with Gasteiger partial charge in [-0.25, -0.2) is 4.39 Å². The Hall–Kier alpha value is -4.19. The molecule has 1 aliphatic rings. The standard InChI is InChI=1S/C29H20ClFN2O6S2/c1-17(34)32-19-10-12-20(13-11-19)41(37,38)39-26-14-9-18-5-2-3-6-21(18)22(26)15-27-28(35)33(29(36)40-27)16-23-24(30)7-4-8-25(23)31/h2-15H,16H2,1H3,(H,32,34)/b27-15-. The second-order valence-corrected chi connectivity index (χ2v) is 11.9. The maximum absolute atomic E-state index is 14.4. The normalized spacial score (nSPS) is 14.6. The molecule has 12 heteroatoms. The Kier molecular flexibility index (Phi) is 7.85. The molecule has 4 aromatic rings. The van der Waals surface area contributed by atoms with Gasteiger partial charge in [0.25, 0.3) is 11.1 Å². The molecule has 0 saturated carbocycles. The Balaban J connectivity index is 1.51. The fraction of sp³-hybridized carbons (Fsp3) is 0.0690. The van der Waals surface area contributed by atoms with Crippen molar-refractivity contribution in [2.75, 3.05) is 5.32 Å². The molecule has 0 unspecified atom stereocenters. The van der Waals surface area contributed by atoms with E-state index >= 15 is 0 Å². The molecule has 0 atom stereocenters. The number of thioether (sulfide) groups is 1. The zero-order valence-corrected chi connectivity index (χ0v) is 23.6. The number of hydrogen-bond donors (Lipinski definition) is 1. The van der Waals surface area contributed by atoms with Gasteiger partial charge in [-0.15, -0.1) is 0 Å². The zero-order valence-electron chi connectivity index (χ0n) is 21.3. The highest BCUT2D eigenvalue weighted by molar-refractivity contribution is 8.18. The third-order valence-electron chi connectivity index (χ3n) is 6.12. The van der Waals surface area contributed by atoms with Crippen LogP contribution < -0.4 is 9.50 Å². The van der Waals surface area contributed by atoms with Gasteiger partial charge in [0.1, 0.15) is 10.7 Å². The quantitative estimate of drug-likeness (QED) is 0.186. The van der Waals surface area contributed by atoms with Gasteiger partial charge in [0.05, 0.1) is 11.4 Å². The van der Waals surface area contributed by atoms with Gasteiger partial charge >= 0.3 is 10.1 Å². The minimum absolute atomic E-state index is 0.000669. The first-order valence-corrected chi connectivity index (χ1v) is 14.7. The van der Waals surface area contributed by atoms with Gasteiger partial charge in [0.15, 0.2) is 5.75 Å². The number of halogens is 2. The first-order chi connectivity index (χ1) is 19.5. The summed E-state index contributed by atoms with van der Waals surface area (Å²) in [5, 5.41) is 3.32. The number of imide groups is 1. The third-order valence-corrected chi connectivity index (χ3v) is 8.63. The number of benzene rings is 4. The van der Waals surface area contributed by atoms with Gasteiger partial charge in [0.2, 0.25) is 5.91 Å². The van der Waals surface area contributed by atoms with Crippen LogP contribution >= 0.6 is 23.4 Å². The number of fused-ring (bicyclic) bond motifs is 1. The van der Waals surface area contributed by atoms with E-state index in [4.69, 9.17) is 15.8 Å². The Bertz CT molecular complexity index is 1840. The van der Waals surface area contributed by atoms with Crippen LogP contribution in [0.4, 0.5) is 14.9 Å². The number of hydrogen-bond acceptors (Lipinski definition) is 7. The average molecular weight is 611 g/mol. The Morgan fingerprint density at radius 3 is 2.46 bits per heavy atom. The smallest absolute Gasteiger partial charge is 0.339 e. The lowest BCUT2D eigenvalue weighted by Gasteiger charge is -2.14. The summed E-state index contributed by atoms with van der Waals surface area (Å²) < 4.78 is 46.3. The van der Waals surface area contributed by atoms with E-state index in [2.05, 4.69) is 5.32 Å². The first kappa shape index (κ1) is 28.3. The highest BCUT2D eigenvalue weighted by Gasteiger charge is 2.36. The molecule has 5 rings (SSSR count). The predicted octanol–water partition coefficient (Wildman–Crippen LogP) is 6.59. The van der Waals surface area contributed by atoms with Crippen molar-refractivity contribution in [3.05, 3.63) is 106 Å². The third kappa shape index (κ3) is 5.97. The monoisotopic (exact) mass is 610 g/mol. The summed E-state index contributed by atoms with van der Waals surface area (Å²) in [6.45, 7) is 0.966. The number of rotatable bonds is 7. The van der Waals surface area contributed by atoms with Crippen LogP contribution in [0.2, 0.25) is 5.02 Å². The molecule has 0 aromatic heterocycles. The first-order valence-electron chi connectivity index (χ1n) is 12.1. The minimum Gasteiger partial charge on any atom is -0.378 e. The van der Waals surface area contributed by atoms with E-state index < -0.39 is 27.1 Å². The highest BCUT2D eigenvalue weighted by atomic mass is 35.5. The largest absolute Gasteiger partial charge is 0.378 e. The van der Waals surface area contributed by atoms with Gasteiger partial charge in [-0.3, -0.25) is 19.3 Å². The molecule has 1 saturated heterocycles. The van der Waals surface area contributed by atoms with E-state index in [0.29, 0.717) is 22.8 Å². The second kappa shape index (κ2) is 11.4. The van der Waals surface area contributed by atoms with Crippen LogP contribution in [0.1, 0.15) is 18.1 Å². The molecule has 208 valence electrons. The molecule has 0 aliphatic carbocycles. The van der Waals surface area contributed by atoms with Gasteiger partial charge in [0, 0.05) is 28.8 Å². The van der Waals surface area contributed by atoms with E-state index in [9.17, 15) is 27.2 Å². The average Bonchev–Trinajstić information content (AvgIpc) is 3.19. The van der Waals surface area contributed by atoms with E-state index in [-0.39, 0.29) is 44.2 Å². The number of amides is 3. The molecular weight excluding hydrogens is 591 g/mol. The van der Waals surface area contributed by atoms with E-state index in [0.717, 1.165) is 10.3 Å². The lowest BCUT2D eigenvalue weighted by atomic mass is 10.0. The number of carbonyl (C=O) groups excluding carboxylic acids is 3. The molecule has 0 spiro atoms. The van der Waals surface area contributed by atoms with Crippen molar-refractivity contribution in [2.24, 2.45) is 0 Å². The van der Waals surface area contributed by atoms with Gasteiger partial charge in [-0.1, -0.05) is 48.0 Å². The molecule has 0 bridgehead atoms. The number of nitrogens with one attached hydrogen (secondary N) is 1.